The number of unbranched alkanes of at least 4 members (excludes halogenated alkanes) is 1. The second-order valence-corrected chi connectivity index (χ2v) is 9.96. The summed E-state index contributed by atoms with van der Waals surface area (Å²) < 4.78 is 6.01. The molecule has 28 heavy (non-hydrogen) atoms. The topological polar surface area (TPSA) is 43.4 Å². The van der Waals surface area contributed by atoms with Crippen LogP contribution in [0.25, 0.3) is 0 Å². The highest BCUT2D eigenvalue weighted by molar-refractivity contribution is 6.01. The van der Waals surface area contributed by atoms with Crippen LogP contribution in [-0.2, 0) is 14.3 Å². The first-order valence-electron chi connectivity index (χ1n) is 11.1. The predicted molar refractivity (Wildman–Crippen MR) is 111 cm³/mol. The summed E-state index contributed by atoms with van der Waals surface area (Å²) in [6.07, 6.45) is 13.6. The summed E-state index contributed by atoms with van der Waals surface area (Å²) in [7, 11) is 0. The molecule has 0 spiro atoms. The Kier molecular flexibility index (Phi) is 4.92. The van der Waals surface area contributed by atoms with Gasteiger partial charge in [0, 0.05) is 17.3 Å². The molecular weight excluding hydrogens is 348 g/mol. The molecule has 3 saturated carbocycles. The zero-order valence-corrected chi connectivity index (χ0v) is 17.6. The third-order valence-electron chi connectivity index (χ3n) is 8.45. The summed E-state index contributed by atoms with van der Waals surface area (Å²) in [4.78, 5) is 24.3. The summed E-state index contributed by atoms with van der Waals surface area (Å²) in [5.41, 5.74) is 2.29. The monoisotopic (exact) mass is 382 g/mol. The molecule has 152 valence electrons. The zero-order valence-electron chi connectivity index (χ0n) is 17.6. The molecule has 4 aliphatic carbocycles. The van der Waals surface area contributed by atoms with Gasteiger partial charge in [-0.3, -0.25) is 9.59 Å². The average Bonchev–Trinajstić information content (AvgIpc) is 2.98. The van der Waals surface area contributed by atoms with Crippen LogP contribution in [0.2, 0.25) is 0 Å². The Balaban J connectivity index is 1.57. The van der Waals surface area contributed by atoms with Crippen LogP contribution in [0.5, 0.6) is 0 Å². The third kappa shape index (κ3) is 2.93. The summed E-state index contributed by atoms with van der Waals surface area (Å²) in [6.45, 7) is 11.1. The van der Waals surface area contributed by atoms with Crippen molar-refractivity contribution in [3.05, 3.63) is 36.0 Å². The Morgan fingerprint density at radius 1 is 1.25 bits per heavy atom. The maximum atomic E-state index is 12.3. The molecule has 0 aliphatic heterocycles. The van der Waals surface area contributed by atoms with Gasteiger partial charge in [0.25, 0.3) is 0 Å². The van der Waals surface area contributed by atoms with Gasteiger partial charge in [0.05, 0.1) is 0 Å². The van der Waals surface area contributed by atoms with Crippen LogP contribution in [-0.4, -0.2) is 17.9 Å². The van der Waals surface area contributed by atoms with E-state index in [0.29, 0.717) is 24.2 Å². The van der Waals surface area contributed by atoms with Crippen molar-refractivity contribution in [2.75, 3.05) is 0 Å². The van der Waals surface area contributed by atoms with Gasteiger partial charge in [0.1, 0.15) is 6.10 Å². The lowest BCUT2D eigenvalue weighted by Crippen LogP contribution is -2.51. The van der Waals surface area contributed by atoms with Gasteiger partial charge < -0.3 is 4.74 Å². The Labute approximate surface area is 169 Å². The Hall–Kier alpha value is -1.64. The summed E-state index contributed by atoms with van der Waals surface area (Å²) in [5, 5.41) is 0. The molecule has 0 heterocycles. The summed E-state index contributed by atoms with van der Waals surface area (Å²) in [6, 6.07) is 0. The van der Waals surface area contributed by atoms with E-state index >= 15 is 0 Å². The van der Waals surface area contributed by atoms with Gasteiger partial charge in [-0.05, 0) is 74.0 Å². The highest BCUT2D eigenvalue weighted by Gasteiger charge is 2.60. The first kappa shape index (κ1) is 19.7. The molecule has 3 fully saturated rings. The van der Waals surface area contributed by atoms with Gasteiger partial charge in [-0.25, -0.2) is 0 Å². The van der Waals surface area contributed by atoms with Crippen LogP contribution >= 0.6 is 0 Å². The molecule has 0 N–H and O–H groups in total. The second kappa shape index (κ2) is 7.00. The maximum absolute atomic E-state index is 12.3. The van der Waals surface area contributed by atoms with Crippen molar-refractivity contribution in [3.63, 3.8) is 0 Å². The summed E-state index contributed by atoms with van der Waals surface area (Å²) >= 11 is 0. The van der Waals surface area contributed by atoms with Crippen LogP contribution < -0.4 is 0 Å². The Bertz CT molecular complexity index is 760. The van der Waals surface area contributed by atoms with E-state index in [4.69, 9.17) is 4.74 Å². The van der Waals surface area contributed by atoms with Crippen molar-refractivity contribution >= 4 is 11.8 Å². The van der Waals surface area contributed by atoms with Gasteiger partial charge >= 0.3 is 5.97 Å². The average molecular weight is 383 g/mol. The standard InChI is InChI=1S/C25H34O3/c1-5-6-7-23(27)28-22-9-8-19-18-14-16(2)21-15-17(26)10-12-24(21,3)20(18)11-13-25(19,22)4/h10,12,15,18-20,22H,2,5-9,11,13-14H2,1,3-4H3/t18-,19-,20-,22-,24+,25-/m0/s1. The molecule has 0 bridgehead atoms. The molecular formula is C25H34O3. The first-order chi connectivity index (χ1) is 13.3. The molecule has 4 rings (SSSR count). The molecule has 6 atom stereocenters. The van der Waals surface area contributed by atoms with Crippen molar-refractivity contribution in [2.24, 2.45) is 28.6 Å². The molecule has 0 aromatic rings. The fraction of sp³-hybridized carbons (Fsp3) is 0.680. The van der Waals surface area contributed by atoms with Gasteiger partial charge in [0.15, 0.2) is 5.78 Å². The number of rotatable bonds is 4. The maximum Gasteiger partial charge on any atom is 0.306 e. The van der Waals surface area contributed by atoms with E-state index in [9.17, 15) is 9.59 Å². The SMILES string of the molecule is C=C1C[C@H]2[C@@H]3CC[C@H](OC(=O)CCCC)[C@@]3(C)CC[C@@H]2[C@@]2(C)C=CC(=O)C=C12. The third-order valence-corrected chi connectivity index (χ3v) is 8.45. The number of esters is 1. The smallest absolute Gasteiger partial charge is 0.306 e. The number of allylic oxidation sites excluding steroid dienone is 5. The number of ketones is 1. The lowest BCUT2D eigenvalue weighted by atomic mass is 9.47. The van der Waals surface area contributed by atoms with E-state index in [1.54, 1.807) is 6.08 Å². The van der Waals surface area contributed by atoms with Crippen molar-refractivity contribution in [1.82, 2.24) is 0 Å². The Morgan fingerprint density at radius 2 is 2.04 bits per heavy atom. The molecule has 0 radical (unpaired) electrons. The van der Waals surface area contributed by atoms with Gasteiger partial charge in [0.2, 0.25) is 0 Å². The van der Waals surface area contributed by atoms with Gasteiger partial charge in [-0.1, -0.05) is 45.4 Å². The highest BCUT2D eigenvalue weighted by Crippen LogP contribution is 2.65. The summed E-state index contributed by atoms with van der Waals surface area (Å²) in [5.74, 6) is 1.74. The minimum absolute atomic E-state index is 0.0187. The van der Waals surface area contributed by atoms with Gasteiger partial charge in [-0.15, -0.1) is 0 Å². The largest absolute Gasteiger partial charge is 0.462 e. The molecule has 0 unspecified atom stereocenters. The van der Waals surface area contributed by atoms with E-state index in [1.807, 2.05) is 6.08 Å². The minimum Gasteiger partial charge on any atom is -0.462 e. The lowest BCUT2D eigenvalue weighted by molar-refractivity contribution is -0.159. The van der Waals surface area contributed by atoms with Crippen LogP contribution in [0.4, 0.5) is 0 Å². The molecule has 3 heteroatoms. The van der Waals surface area contributed by atoms with Gasteiger partial charge in [-0.2, -0.15) is 0 Å². The van der Waals surface area contributed by atoms with Crippen molar-refractivity contribution in [1.29, 1.82) is 0 Å². The number of carbonyl (C=O) groups is 2. The van der Waals surface area contributed by atoms with Crippen molar-refractivity contribution in [3.8, 4) is 0 Å². The van der Waals surface area contributed by atoms with Crippen LogP contribution in [0.3, 0.4) is 0 Å². The number of fused-ring (bicyclic) bond motifs is 5. The molecule has 0 aromatic carbocycles. The lowest BCUT2D eigenvalue weighted by Gasteiger charge is -2.57. The van der Waals surface area contributed by atoms with Crippen LogP contribution in [0, 0.1) is 28.6 Å². The van der Waals surface area contributed by atoms with Crippen molar-refractivity contribution < 1.29 is 14.3 Å². The number of ether oxygens (including phenoxy) is 1. The quantitative estimate of drug-likeness (QED) is 0.598. The van der Waals surface area contributed by atoms with Crippen molar-refractivity contribution in [2.45, 2.75) is 78.2 Å². The molecule has 0 amide bonds. The highest BCUT2D eigenvalue weighted by atomic mass is 16.5. The van der Waals surface area contributed by atoms with E-state index in [2.05, 4.69) is 33.4 Å². The minimum atomic E-state index is -0.0782. The second-order valence-electron chi connectivity index (χ2n) is 9.96. The van der Waals surface area contributed by atoms with E-state index in [1.165, 1.54) is 0 Å². The Morgan fingerprint density at radius 3 is 2.79 bits per heavy atom. The van der Waals surface area contributed by atoms with Crippen LogP contribution in [0.15, 0.2) is 36.0 Å². The molecule has 0 aromatic heterocycles. The normalized spacial score (nSPS) is 41.8. The zero-order chi connectivity index (χ0) is 20.1. The number of hydrogen-bond acceptors (Lipinski definition) is 3. The fourth-order valence-corrected chi connectivity index (χ4v) is 6.89. The molecule has 4 aliphatic rings. The van der Waals surface area contributed by atoms with E-state index < -0.39 is 0 Å². The molecule has 0 saturated heterocycles. The van der Waals surface area contributed by atoms with E-state index in [0.717, 1.165) is 56.1 Å². The first-order valence-corrected chi connectivity index (χ1v) is 11.1. The van der Waals surface area contributed by atoms with Crippen LogP contribution in [0.1, 0.15) is 72.1 Å². The molecule has 3 nitrogen and oxygen atoms in total. The van der Waals surface area contributed by atoms with E-state index in [-0.39, 0.29) is 28.7 Å². The predicted octanol–water partition coefficient (Wildman–Crippen LogP) is 5.56. The fourth-order valence-electron chi connectivity index (χ4n) is 6.89. The number of carbonyl (C=O) groups excluding carboxylic acids is 2. The number of hydrogen-bond donors (Lipinski definition) is 0.